The van der Waals surface area contributed by atoms with E-state index in [1.807, 2.05) is 36.4 Å². The molecule has 0 saturated heterocycles. The molecule has 28 heavy (non-hydrogen) atoms. The topological polar surface area (TPSA) is 20.2 Å². The Labute approximate surface area is 173 Å². The molecule has 1 nitrogen and oxygen atoms in total. The molecule has 0 amide bonds. The van der Waals surface area contributed by atoms with E-state index in [-0.39, 0.29) is 0 Å². The second kappa shape index (κ2) is 6.79. The molecule has 0 aliphatic carbocycles. The van der Waals surface area contributed by atoms with Crippen LogP contribution in [0.1, 0.15) is 11.1 Å². The molecule has 0 aliphatic heterocycles. The van der Waals surface area contributed by atoms with Gasteiger partial charge in [0.05, 0.1) is 0 Å². The predicted octanol–water partition coefficient (Wildman–Crippen LogP) is 5.93. The minimum Gasteiger partial charge on any atom is -0.234 e. The van der Waals surface area contributed by atoms with Gasteiger partial charge in [0, 0.05) is 20.9 Å². The van der Waals surface area contributed by atoms with Crippen LogP contribution in [0.5, 0.6) is 0 Å². The molecule has 0 aliphatic rings. The van der Waals surface area contributed by atoms with Gasteiger partial charge in [-0.25, -0.2) is 4.89 Å². The summed E-state index contributed by atoms with van der Waals surface area (Å²) in [7, 11) is -2.67. The first kappa shape index (κ1) is 18.0. The van der Waals surface area contributed by atoms with Crippen LogP contribution in [-0.2, 0) is 0 Å². The maximum absolute atomic E-state index is 12.2. The Balaban J connectivity index is 1.84. The molecular weight excluding hydrogens is 399 g/mol. The third kappa shape index (κ3) is 2.58. The second-order valence-corrected chi connectivity index (χ2v) is 12.1. The average Bonchev–Trinajstić information content (AvgIpc) is 3.41. The maximum Gasteiger partial charge on any atom is 0.248 e. The van der Waals surface area contributed by atoms with E-state index in [1.54, 1.807) is 22.7 Å². The van der Waals surface area contributed by atoms with Gasteiger partial charge in [0.25, 0.3) is 0 Å². The fraction of sp³-hybridized carbons (Fsp3) is 0.0833. The van der Waals surface area contributed by atoms with Crippen molar-refractivity contribution in [3.8, 4) is 0 Å². The van der Waals surface area contributed by atoms with Crippen LogP contribution in [0.4, 0.5) is 0 Å². The van der Waals surface area contributed by atoms with Gasteiger partial charge in [0.1, 0.15) is 10.6 Å². The Morgan fingerprint density at radius 2 is 1.29 bits per heavy atom. The van der Waals surface area contributed by atoms with E-state index in [0.29, 0.717) is 0 Å². The highest BCUT2D eigenvalue weighted by Crippen LogP contribution is 2.54. The molecule has 138 valence electrons. The summed E-state index contributed by atoms with van der Waals surface area (Å²) in [5.74, 6) is 0. The zero-order valence-electron chi connectivity index (χ0n) is 15.7. The Morgan fingerprint density at radius 3 is 1.89 bits per heavy atom. The van der Waals surface area contributed by atoms with Crippen molar-refractivity contribution in [2.45, 2.75) is 13.8 Å². The van der Waals surface area contributed by atoms with Gasteiger partial charge in [-0.1, -0.05) is 47.7 Å². The Morgan fingerprint density at radius 1 is 0.714 bits per heavy atom. The summed E-state index contributed by atoms with van der Waals surface area (Å²) >= 11 is 3.56. The van der Waals surface area contributed by atoms with E-state index in [1.165, 1.54) is 31.3 Å². The summed E-state index contributed by atoms with van der Waals surface area (Å²) in [6, 6.07) is 24.8. The molecule has 4 heteroatoms. The summed E-state index contributed by atoms with van der Waals surface area (Å²) in [4.78, 5) is 12.2. The van der Waals surface area contributed by atoms with Crippen LogP contribution in [0, 0.1) is 13.8 Å². The minimum atomic E-state index is -2.67. The fourth-order valence-corrected chi connectivity index (χ4v) is 9.64. The average molecular weight is 420 g/mol. The van der Waals surface area contributed by atoms with Gasteiger partial charge in [-0.15, -0.1) is 11.3 Å². The molecule has 0 unspecified atom stereocenters. The van der Waals surface area contributed by atoms with Crippen molar-refractivity contribution >= 4 is 65.6 Å². The highest BCUT2D eigenvalue weighted by Gasteiger charge is 2.46. The first-order chi connectivity index (χ1) is 13.6. The molecule has 2 aromatic heterocycles. The van der Waals surface area contributed by atoms with Crippen molar-refractivity contribution in [2.24, 2.45) is 0 Å². The molecule has 0 spiro atoms. The van der Waals surface area contributed by atoms with Crippen LogP contribution in [0.3, 0.4) is 0 Å². The van der Waals surface area contributed by atoms with Crippen molar-refractivity contribution < 1.29 is 4.89 Å². The van der Waals surface area contributed by atoms with Gasteiger partial charge >= 0.3 is 0 Å². The summed E-state index contributed by atoms with van der Waals surface area (Å²) in [6.45, 7) is 4.42. The summed E-state index contributed by atoms with van der Waals surface area (Å²) in [5, 5.41) is 6.80. The van der Waals surface area contributed by atoms with Crippen molar-refractivity contribution in [2.75, 3.05) is 0 Å². The Kier molecular flexibility index (Phi) is 4.37. The first-order valence-corrected chi connectivity index (χ1v) is 12.7. The third-order valence-electron chi connectivity index (χ3n) is 5.45. The normalized spacial score (nSPS) is 12.1. The predicted molar refractivity (Wildman–Crippen MR) is 128 cm³/mol. The Bertz CT molecular complexity index is 1190. The summed E-state index contributed by atoms with van der Waals surface area (Å²) in [5.41, 5.74) is 2.64. The highest BCUT2D eigenvalue weighted by atomic mass is 32.1. The summed E-state index contributed by atoms with van der Waals surface area (Å²) < 4.78 is 3.73. The van der Waals surface area contributed by atoms with E-state index >= 15 is 0 Å². The molecule has 0 fully saturated rings. The highest BCUT2D eigenvalue weighted by molar-refractivity contribution is 7.94. The van der Waals surface area contributed by atoms with E-state index in [4.69, 9.17) is 0 Å². The maximum atomic E-state index is 12.2. The fourth-order valence-electron chi connectivity index (χ4n) is 3.93. The van der Waals surface area contributed by atoms with E-state index < -0.39 is 7.49 Å². The van der Waals surface area contributed by atoms with Gasteiger partial charge in [-0.05, 0) is 66.1 Å². The molecule has 0 saturated carbocycles. The molecule has 1 N–H and O–H groups in total. The summed E-state index contributed by atoms with van der Waals surface area (Å²) in [6.07, 6.45) is 0. The standard InChI is InChI=1S/C24H20OPS2/c1-16-20-13-14-27-23(20)17(2)21-15-22(28-24(16)21)26(25,18-9-5-3-6-10-18)19-11-7-4-8-12-19/h3-15,25H,1-2H3/q+1. The van der Waals surface area contributed by atoms with Crippen molar-refractivity contribution in [1.82, 2.24) is 0 Å². The first-order valence-electron chi connectivity index (χ1n) is 9.24. The number of hydrogen-bond acceptors (Lipinski definition) is 3. The monoisotopic (exact) mass is 419 g/mol. The van der Waals surface area contributed by atoms with Gasteiger partial charge in [0.15, 0.2) is 4.62 Å². The largest absolute Gasteiger partial charge is 0.248 e. The number of aryl methyl sites for hydroxylation is 2. The van der Waals surface area contributed by atoms with Crippen LogP contribution < -0.4 is 15.2 Å². The molecule has 5 aromatic rings. The smallest absolute Gasteiger partial charge is 0.234 e. The minimum absolute atomic E-state index is 1.00. The van der Waals surface area contributed by atoms with Crippen LogP contribution in [0.2, 0.25) is 0 Å². The lowest BCUT2D eigenvalue weighted by Crippen LogP contribution is -2.28. The van der Waals surface area contributed by atoms with Crippen LogP contribution in [0.25, 0.3) is 20.2 Å². The number of rotatable bonds is 3. The molecule has 3 aromatic carbocycles. The number of thiophene rings is 2. The third-order valence-corrected chi connectivity index (χ3v) is 11.5. The van der Waals surface area contributed by atoms with Gasteiger partial charge < -0.3 is 0 Å². The lowest BCUT2D eigenvalue weighted by atomic mass is 10.0. The lowest BCUT2D eigenvalue weighted by Gasteiger charge is -2.18. The van der Waals surface area contributed by atoms with Crippen LogP contribution >= 0.6 is 30.2 Å². The zero-order chi connectivity index (χ0) is 19.3. The van der Waals surface area contributed by atoms with E-state index in [9.17, 15) is 4.89 Å². The molecule has 0 radical (unpaired) electrons. The number of fused-ring (bicyclic) bond motifs is 2. The molecule has 0 atom stereocenters. The van der Waals surface area contributed by atoms with Crippen LogP contribution in [0.15, 0.2) is 78.2 Å². The van der Waals surface area contributed by atoms with Gasteiger partial charge in [-0.3, -0.25) is 0 Å². The van der Waals surface area contributed by atoms with Crippen molar-refractivity contribution in [3.63, 3.8) is 0 Å². The second-order valence-electron chi connectivity index (χ2n) is 7.05. The molecular formula is C24H20OPS2+. The van der Waals surface area contributed by atoms with Gasteiger partial charge in [-0.2, -0.15) is 0 Å². The molecule has 5 rings (SSSR count). The lowest BCUT2D eigenvalue weighted by molar-refractivity contribution is 0.634. The van der Waals surface area contributed by atoms with Gasteiger partial charge in [0.2, 0.25) is 7.49 Å². The molecule has 0 bridgehead atoms. The van der Waals surface area contributed by atoms with Crippen molar-refractivity contribution in [1.29, 1.82) is 0 Å². The number of hydrogen-bond donors (Lipinski definition) is 1. The molecule has 2 heterocycles. The number of benzene rings is 3. The van der Waals surface area contributed by atoms with E-state index in [0.717, 1.165) is 15.2 Å². The SMILES string of the molecule is Cc1c2cc([P+](O)(c3ccccc3)c3ccccc3)sc2c(C)c2ccsc12. The van der Waals surface area contributed by atoms with Crippen molar-refractivity contribution in [3.05, 3.63) is 89.3 Å². The van der Waals surface area contributed by atoms with E-state index in [2.05, 4.69) is 55.6 Å². The zero-order valence-corrected chi connectivity index (χ0v) is 18.2. The van der Waals surface area contributed by atoms with Crippen LogP contribution in [-0.4, -0.2) is 4.89 Å². The quantitative estimate of drug-likeness (QED) is 0.359. The Hall–Kier alpha value is -2.03.